The molecule has 0 heterocycles. The maximum Gasteiger partial charge on any atom is 0.673 e. The average Bonchev–Trinajstić information content (AvgIpc) is 2.42. The van der Waals surface area contributed by atoms with Crippen molar-refractivity contribution < 1.29 is 17.3 Å². The third kappa shape index (κ3) is 36.9. The molecule has 0 amide bonds. The van der Waals surface area contributed by atoms with E-state index in [0.717, 1.165) is 8.58 Å². The van der Waals surface area contributed by atoms with Crippen molar-refractivity contribution in [3.05, 3.63) is 0 Å². The smallest absolute Gasteiger partial charge is 0.418 e. The molecule has 0 aromatic carbocycles. The van der Waals surface area contributed by atoms with Gasteiger partial charge in [0.15, 0.2) is 0 Å². The first-order valence-electron chi connectivity index (χ1n) is 9.10. The Hall–Kier alpha value is 0.215. The highest BCUT2D eigenvalue weighted by atomic mass is 31.1. The molecule has 0 bridgehead atoms. The summed E-state index contributed by atoms with van der Waals surface area (Å²) < 4.78 is 39.0. The van der Waals surface area contributed by atoms with Gasteiger partial charge in [0, 0.05) is 0 Å². The van der Waals surface area contributed by atoms with Gasteiger partial charge in [-0.05, 0) is 27.8 Å². The topological polar surface area (TPSA) is 0 Å². The van der Waals surface area contributed by atoms with Crippen molar-refractivity contribution in [3.8, 4) is 0 Å². The van der Waals surface area contributed by atoms with E-state index in [1.807, 2.05) is 0 Å². The maximum absolute atomic E-state index is 9.75. The molecule has 22 heavy (non-hydrogen) atoms. The van der Waals surface area contributed by atoms with E-state index in [4.69, 9.17) is 0 Å². The largest absolute Gasteiger partial charge is 0.673 e. The summed E-state index contributed by atoms with van der Waals surface area (Å²) in [5.74, 6) is 0. The average molecular weight is 346 g/mol. The molecule has 0 aliphatic heterocycles. The fraction of sp³-hybridized carbons (Fsp3) is 1.00. The Morgan fingerprint density at radius 2 is 0.864 bits per heavy atom. The van der Waals surface area contributed by atoms with Crippen LogP contribution in [-0.2, 0) is 0 Å². The highest BCUT2D eigenvalue weighted by Crippen LogP contribution is 2.17. The van der Waals surface area contributed by atoms with Gasteiger partial charge in [-0.3, -0.25) is 0 Å². The number of rotatable bonds is 14. The number of hydrogen-bond acceptors (Lipinski definition) is 0. The van der Waals surface area contributed by atoms with Crippen LogP contribution in [0.5, 0.6) is 0 Å². The molecule has 0 aromatic rings. The molecule has 0 N–H and O–H groups in total. The first kappa shape index (κ1) is 24.5. The summed E-state index contributed by atoms with van der Waals surface area (Å²) in [4.78, 5) is 0. The molecule has 136 valence electrons. The lowest BCUT2D eigenvalue weighted by atomic mass is 10.1. The third-order valence-corrected chi connectivity index (χ3v) is 5.16. The molecule has 0 aliphatic rings. The van der Waals surface area contributed by atoms with Crippen molar-refractivity contribution in [1.29, 1.82) is 0 Å². The Balaban J connectivity index is 0. The second-order valence-corrected chi connectivity index (χ2v) is 7.63. The van der Waals surface area contributed by atoms with Gasteiger partial charge in [-0.25, -0.2) is 0 Å². The van der Waals surface area contributed by atoms with Gasteiger partial charge < -0.3 is 17.3 Å². The van der Waals surface area contributed by atoms with E-state index in [-0.39, 0.29) is 0 Å². The lowest BCUT2D eigenvalue weighted by Crippen LogP contribution is -2.02. The molecule has 0 saturated heterocycles. The molecule has 6 heteroatoms. The van der Waals surface area contributed by atoms with Crippen molar-refractivity contribution in [2.45, 2.75) is 90.9 Å². The van der Waals surface area contributed by atoms with Gasteiger partial charge in [0.1, 0.15) is 0 Å². The fourth-order valence-electron chi connectivity index (χ4n) is 2.27. The molecule has 0 fully saturated rings. The molecule has 0 spiro atoms. The maximum atomic E-state index is 9.75. The van der Waals surface area contributed by atoms with Crippen LogP contribution in [0, 0.1) is 0 Å². The number of unbranched alkanes of at least 4 members (excludes halogenated alkanes) is 10. The van der Waals surface area contributed by atoms with Crippen LogP contribution in [0.1, 0.15) is 90.9 Å². The van der Waals surface area contributed by atoms with Crippen LogP contribution in [0.15, 0.2) is 0 Å². The SMILES string of the molecule is CCCCCCCCCCCC[PH2+]CCCC.F[B-](F)(F)F. The highest BCUT2D eigenvalue weighted by Gasteiger charge is 2.20. The predicted molar refractivity (Wildman–Crippen MR) is 96.4 cm³/mol. The summed E-state index contributed by atoms with van der Waals surface area (Å²) in [6.07, 6.45) is 20.8. The van der Waals surface area contributed by atoms with Crippen molar-refractivity contribution in [1.82, 2.24) is 0 Å². The Kier molecular flexibility index (Phi) is 21.4. The molecule has 1 unspecified atom stereocenters. The van der Waals surface area contributed by atoms with Crippen LogP contribution in [-0.4, -0.2) is 19.6 Å². The lowest BCUT2D eigenvalue weighted by molar-refractivity contribution is 0.368. The normalized spacial score (nSPS) is 11.7. The Morgan fingerprint density at radius 3 is 1.27 bits per heavy atom. The zero-order valence-corrected chi connectivity index (χ0v) is 15.7. The van der Waals surface area contributed by atoms with Crippen LogP contribution >= 0.6 is 8.58 Å². The summed E-state index contributed by atoms with van der Waals surface area (Å²) in [5, 5.41) is 0. The van der Waals surface area contributed by atoms with E-state index in [0.29, 0.717) is 0 Å². The van der Waals surface area contributed by atoms with E-state index in [2.05, 4.69) is 13.8 Å². The van der Waals surface area contributed by atoms with E-state index in [1.54, 1.807) is 12.3 Å². The Morgan fingerprint density at radius 1 is 0.545 bits per heavy atom. The fourth-order valence-corrected chi connectivity index (χ4v) is 3.83. The quantitative estimate of drug-likeness (QED) is 0.133. The van der Waals surface area contributed by atoms with Crippen molar-refractivity contribution in [3.63, 3.8) is 0 Å². The first-order chi connectivity index (χ1) is 10.4. The molecular weight excluding hydrogens is 310 g/mol. The van der Waals surface area contributed by atoms with E-state index < -0.39 is 7.25 Å². The zero-order valence-electron chi connectivity index (χ0n) is 14.6. The number of halogens is 4. The molecule has 0 saturated carbocycles. The van der Waals surface area contributed by atoms with Gasteiger partial charge in [0.25, 0.3) is 0 Å². The summed E-state index contributed by atoms with van der Waals surface area (Å²) in [5.41, 5.74) is 0. The van der Waals surface area contributed by atoms with E-state index in [1.165, 1.54) is 77.0 Å². The third-order valence-electron chi connectivity index (χ3n) is 3.52. The minimum Gasteiger partial charge on any atom is -0.418 e. The molecule has 1 atom stereocenters. The summed E-state index contributed by atoms with van der Waals surface area (Å²) in [7, 11) is -5.20. The van der Waals surface area contributed by atoms with E-state index >= 15 is 0 Å². The standard InChI is InChI=1S/C16H35P.BF4/c1-3-5-7-8-9-10-11-12-13-14-16-17-15-6-4-2;2-1(3,4)5/h17H,3-16H2,1-2H3;/q;-1/p+1. The van der Waals surface area contributed by atoms with Gasteiger partial charge in [-0.1, -0.05) is 71.6 Å². The van der Waals surface area contributed by atoms with Gasteiger partial charge in [0.05, 0.1) is 12.3 Å². The monoisotopic (exact) mass is 346 g/mol. The first-order valence-corrected chi connectivity index (χ1v) is 10.7. The van der Waals surface area contributed by atoms with Crippen LogP contribution in [0.3, 0.4) is 0 Å². The Labute approximate surface area is 137 Å². The highest BCUT2D eigenvalue weighted by molar-refractivity contribution is 7.37. The van der Waals surface area contributed by atoms with Gasteiger partial charge in [-0.2, -0.15) is 0 Å². The zero-order chi connectivity index (χ0) is 17.1. The van der Waals surface area contributed by atoms with Crippen LogP contribution in [0.25, 0.3) is 0 Å². The van der Waals surface area contributed by atoms with Crippen molar-refractivity contribution >= 4 is 15.8 Å². The van der Waals surface area contributed by atoms with Gasteiger partial charge in [-0.15, -0.1) is 0 Å². The molecule has 0 aromatic heterocycles. The molecular formula is C16H36BF4P. The summed E-state index contributed by atoms with van der Waals surface area (Å²) in [6, 6.07) is 0. The van der Waals surface area contributed by atoms with Crippen molar-refractivity contribution in [2.24, 2.45) is 0 Å². The van der Waals surface area contributed by atoms with Gasteiger partial charge in [0.2, 0.25) is 0 Å². The second kappa shape index (κ2) is 19.3. The molecule has 0 rings (SSSR count). The van der Waals surface area contributed by atoms with Crippen LogP contribution in [0.2, 0.25) is 0 Å². The number of hydrogen-bond donors (Lipinski definition) is 0. The summed E-state index contributed by atoms with van der Waals surface area (Å²) >= 11 is 0. The van der Waals surface area contributed by atoms with Crippen LogP contribution in [0.4, 0.5) is 17.3 Å². The minimum atomic E-state index is -6.00. The Bertz CT molecular complexity index is 181. The van der Waals surface area contributed by atoms with Crippen LogP contribution < -0.4 is 0 Å². The molecule has 0 aliphatic carbocycles. The minimum absolute atomic E-state index is 0.799. The van der Waals surface area contributed by atoms with E-state index in [9.17, 15) is 17.3 Å². The lowest BCUT2D eigenvalue weighted by Gasteiger charge is -2.01. The van der Waals surface area contributed by atoms with Crippen molar-refractivity contribution in [2.75, 3.05) is 12.3 Å². The molecule has 0 radical (unpaired) electrons. The molecule has 0 nitrogen and oxygen atoms in total. The second-order valence-electron chi connectivity index (χ2n) is 5.90. The predicted octanol–water partition coefficient (Wildman–Crippen LogP) is 7.42. The van der Waals surface area contributed by atoms with Gasteiger partial charge >= 0.3 is 7.25 Å². The summed E-state index contributed by atoms with van der Waals surface area (Å²) in [6.45, 7) is 4.60.